The van der Waals surface area contributed by atoms with E-state index in [2.05, 4.69) is 20.9 Å². The predicted molar refractivity (Wildman–Crippen MR) is 75.4 cm³/mol. The number of rotatable bonds is 4. The maximum absolute atomic E-state index is 13.3. The topological polar surface area (TPSA) is 38.0 Å². The van der Waals surface area contributed by atoms with Gasteiger partial charge in [0.05, 0.1) is 24.3 Å². The molecule has 1 unspecified atom stereocenters. The van der Waals surface area contributed by atoms with Gasteiger partial charge < -0.3 is 9.67 Å². The molecule has 1 atom stereocenters. The van der Waals surface area contributed by atoms with E-state index in [1.54, 1.807) is 12.5 Å². The summed E-state index contributed by atoms with van der Waals surface area (Å²) < 4.78 is 15.9. The monoisotopic (exact) mass is 326 g/mol. The Hall–Kier alpha value is -1.20. The van der Waals surface area contributed by atoms with E-state index in [0.29, 0.717) is 10.9 Å². The molecule has 5 heteroatoms. The van der Waals surface area contributed by atoms with Crippen LogP contribution in [0.15, 0.2) is 35.2 Å². The Morgan fingerprint density at radius 3 is 2.74 bits per heavy atom. The van der Waals surface area contributed by atoms with Crippen molar-refractivity contribution in [1.82, 2.24) is 9.55 Å². The predicted octanol–water partition coefficient (Wildman–Crippen LogP) is 3.64. The SMILES string of the molecule is CC(C)n1cncc1C(O)Cc1cc(F)cc(Br)c1. The summed E-state index contributed by atoms with van der Waals surface area (Å²) in [6.45, 7) is 4.05. The molecule has 3 nitrogen and oxygen atoms in total. The molecule has 0 aliphatic carbocycles. The number of benzene rings is 1. The lowest BCUT2D eigenvalue weighted by Gasteiger charge is -2.16. The molecule has 0 fully saturated rings. The Kier molecular flexibility index (Phi) is 4.37. The third-order valence-corrected chi connectivity index (χ3v) is 3.40. The quantitative estimate of drug-likeness (QED) is 0.931. The van der Waals surface area contributed by atoms with Crippen molar-refractivity contribution in [3.8, 4) is 0 Å². The molecule has 0 aliphatic rings. The molecule has 2 rings (SSSR count). The molecule has 0 spiro atoms. The van der Waals surface area contributed by atoms with E-state index in [9.17, 15) is 9.50 Å². The Bertz CT molecular complexity index is 548. The normalized spacial score (nSPS) is 12.9. The van der Waals surface area contributed by atoms with E-state index >= 15 is 0 Å². The number of halogens is 2. The van der Waals surface area contributed by atoms with Gasteiger partial charge in [-0.1, -0.05) is 15.9 Å². The molecule has 0 aliphatic heterocycles. The van der Waals surface area contributed by atoms with E-state index in [4.69, 9.17) is 0 Å². The van der Waals surface area contributed by atoms with Gasteiger partial charge in [0.1, 0.15) is 5.82 Å². The summed E-state index contributed by atoms with van der Waals surface area (Å²) in [6, 6.07) is 4.87. The van der Waals surface area contributed by atoms with Crippen molar-refractivity contribution in [2.24, 2.45) is 0 Å². The molecule has 0 saturated carbocycles. The summed E-state index contributed by atoms with van der Waals surface area (Å²) in [5.74, 6) is -0.311. The van der Waals surface area contributed by atoms with E-state index in [-0.39, 0.29) is 11.9 Å². The highest BCUT2D eigenvalue weighted by Crippen LogP contribution is 2.23. The highest BCUT2D eigenvalue weighted by atomic mass is 79.9. The molecule has 19 heavy (non-hydrogen) atoms. The summed E-state index contributed by atoms with van der Waals surface area (Å²) in [7, 11) is 0. The van der Waals surface area contributed by atoms with Crippen LogP contribution < -0.4 is 0 Å². The number of aliphatic hydroxyl groups excluding tert-OH is 1. The van der Waals surface area contributed by atoms with Crippen LogP contribution in [-0.4, -0.2) is 14.7 Å². The van der Waals surface area contributed by atoms with Crippen molar-refractivity contribution in [1.29, 1.82) is 0 Å². The molecule has 2 aromatic rings. The van der Waals surface area contributed by atoms with Crippen LogP contribution in [0.2, 0.25) is 0 Å². The second kappa shape index (κ2) is 5.84. The second-order valence-corrected chi connectivity index (χ2v) is 5.73. The van der Waals surface area contributed by atoms with Gasteiger partial charge in [0.2, 0.25) is 0 Å². The molecular formula is C14H16BrFN2O. The zero-order valence-electron chi connectivity index (χ0n) is 10.8. The molecule has 102 valence electrons. The molecule has 0 saturated heterocycles. The minimum atomic E-state index is -0.696. The van der Waals surface area contributed by atoms with Gasteiger partial charge in [0.25, 0.3) is 0 Å². The van der Waals surface area contributed by atoms with Crippen molar-refractivity contribution in [3.63, 3.8) is 0 Å². The molecular weight excluding hydrogens is 311 g/mol. The van der Waals surface area contributed by atoms with Crippen LogP contribution in [-0.2, 0) is 6.42 Å². The van der Waals surface area contributed by atoms with Gasteiger partial charge in [-0.3, -0.25) is 0 Å². The summed E-state index contributed by atoms with van der Waals surface area (Å²) in [4.78, 5) is 4.06. The Morgan fingerprint density at radius 2 is 2.11 bits per heavy atom. The number of hydrogen-bond donors (Lipinski definition) is 1. The van der Waals surface area contributed by atoms with Crippen molar-refractivity contribution in [2.75, 3.05) is 0 Å². The van der Waals surface area contributed by atoms with Crippen molar-refractivity contribution in [2.45, 2.75) is 32.4 Å². The van der Waals surface area contributed by atoms with E-state index in [1.165, 1.54) is 12.1 Å². The second-order valence-electron chi connectivity index (χ2n) is 4.82. The maximum Gasteiger partial charge on any atom is 0.124 e. The van der Waals surface area contributed by atoms with Gasteiger partial charge in [-0.25, -0.2) is 9.37 Å². The van der Waals surface area contributed by atoms with Crippen LogP contribution in [0.4, 0.5) is 4.39 Å². The van der Waals surface area contributed by atoms with Crippen LogP contribution >= 0.6 is 15.9 Å². The van der Waals surface area contributed by atoms with Crippen LogP contribution in [0.3, 0.4) is 0 Å². The zero-order valence-corrected chi connectivity index (χ0v) is 12.4. The standard InChI is InChI=1S/C14H16BrFN2O/c1-9(2)18-8-17-7-13(18)14(19)5-10-3-11(15)6-12(16)4-10/h3-4,6-9,14,19H,5H2,1-2H3. The average molecular weight is 327 g/mol. The fraction of sp³-hybridized carbons (Fsp3) is 0.357. The highest BCUT2D eigenvalue weighted by Gasteiger charge is 2.15. The minimum absolute atomic E-state index is 0.228. The van der Waals surface area contributed by atoms with Gasteiger partial charge in [-0.2, -0.15) is 0 Å². The first-order chi connectivity index (χ1) is 8.97. The fourth-order valence-electron chi connectivity index (χ4n) is 2.06. The van der Waals surface area contributed by atoms with Gasteiger partial charge in [-0.15, -0.1) is 0 Å². The fourth-order valence-corrected chi connectivity index (χ4v) is 2.57. The lowest BCUT2D eigenvalue weighted by molar-refractivity contribution is 0.167. The lowest BCUT2D eigenvalue weighted by Crippen LogP contribution is -2.11. The van der Waals surface area contributed by atoms with Crippen LogP contribution in [0.5, 0.6) is 0 Å². The Balaban J connectivity index is 2.20. The Morgan fingerprint density at radius 1 is 1.37 bits per heavy atom. The zero-order chi connectivity index (χ0) is 14.0. The number of imidazole rings is 1. The first-order valence-corrected chi connectivity index (χ1v) is 6.91. The number of aliphatic hydroxyl groups is 1. The molecule has 0 bridgehead atoms. The number of hydrogen-bond acceptors (Lipinski definition) is 2. The summed E-state index contributed by atoms with van der Waals surface area (Å²) in [6.07, 6.45) is 3.01. The van der Waals surface area contributed by atoms with Gasteiger partial charge >= 0.3 is 0 Å². The minimum Gasteiger partial charge on any atom is -0.386 e. The van der Waals surface area contributed by atoms with Crippen molar-refractivity contribution >= 4 is 15.9 Å². The van der Waals surface area contributed by atoms with Crippen molar-refractivity contribution in [3.05, 3.63) is 52.3 Å². The van der Waals surface area contributed by atoms with Crippen LogP contribution in [0.25, 0.3) is 0 Å². The van der Waals surface area contributed by atoms with Gasteiger partial charge in [-0.05, 0) is 37.6 Å². The third-order valence-electron chi connectivity index (χ3n) is 2.95. The molecule has 0 radical (unpaired) electrons. The molecule has 1 heterocycles. The number of aromatic nitrogens is 2. The van der Waals surface area contributed by atoms with E-state index in [1.807, 2.05) is 24.5 Å². The largest absolute Gasteiger partial charge is 0.386 e. The lowest BCUT2D eigenvalue weighted by atomic mass is 10.1. The van der Waals surface area contributed by atoms with E-state index in [0.717, 1.165) is 11.3 Å². The molecule has 0 amide bonds. The highest BCUT2D eigenvalue weighted by molar-refractivity contribution is 9.10. The molecule has 1 aromatic carbocycles. The first-order valence-electron chi connectivity index (χ1n) is 6.12. The summed E-state index contributed by atoms with van der Waals surface area (Å²) in [5.41, 5.74) is 1.49. The van der Waals surface area contributed by atoms with Crippen LogP contribution in [0.1, 0.15) is 37.3 Å². The maximum atomic E-state index is 13.3. The third kappa shape index (κ3) is 3.42. The summed E-state index contributed by atoms with van der Waals surface area (Å²) >= 11 is 3.25. The first kappa shape index (κ1) is 14.2. The van der Waals surface area contributed by atoms with Crippen molar-refractivity contribution < 1.29 is 9.50 Å². The Labute approximate surface area is 120 Å². The average Bonchev–Trinajstić information content (AvgIpc) is 2.75. The summed E-state index contributed by atoms with van der Waals surface area (Å²) in [5, 5.41) is 10.3. The van der Waals surface area contributed by atoms with Crippen LogP contribution in [0, 0.1) is 5.82 Å². The van der Waals surface area contributed by atoms with Gasteiger partial charge in [0, 0.05) is 16.9 Å². The molecule has 1 aromatic heterocycles. The molecule has 1 N–H and O–H groups in total. The number of nitrogens with zero attached hydrogens (tertiary/aromatic N) is 2. The van der Waals surface area contributed by atoms with Gasteiger partial charge in [0.15, 0.2) is 0 Å². The smallest absolute Gasteiger partial charge is 0.124 e. The van der Waals surface area contributed by atoms with E-state index < -0.39 is 6.10 Å².